The summed E-state index contributed by atoms with van der Waals surface area (Å²) in [7, 11) is -4.00. The van der Waals surface area contributed by atoms with Crippen molar-refractivity contribution < 1.29 is 27.9 Å². The summed E-state index contributed by atoms with van der Waals surface area (Å²) in [4.78, 5) is 27.5. The summed E-state index contributed by atoms with van der Waals surface area (Å²) in [5.74, 6) is -1.62. The zero-order valence-corrected chi connectivity index (χ0v) is 27.0. The number of rotatable bonds is 14. The van der Waals surface area contributed by atoms with Crippen molar-refractivity contribution in [3.63, 3.8) is 0 Å². The molecule has 44 heavy (non-hydrogen) atoms. The van der Waals surface area contributed by atoms with E-state index in [1.807, 2.05) is 36.6 Å². The van der Waals surface area contributed by atoms with Gasteiger partial charge in [0, 0.05) is 18.3 Å². The molecule has 0 spiro atoms. The molecule has 11 heteroatoms. The number of unbranched alkanes of at least 4 members (excludes halogenated alkanes) is 2. The Labute approximate surface area is 264 Å². The fourth-order valence-corrected chi connectivity index (χ4v) is 7.73. The quantitative estimate of drug-likeness (QED) is 0.176. The van der Waals surface area contributed by atoms with Gasteiger partial charge in [-0.05, 0) is 42.9 Å². The molecule has 1 amide bonds. The van der Waals surface area contributed by atoms with Crippen molar-refractivity contribution in [2.45, 2.75) is 73.7 Å². The van der Waals surface area contributed by atoms with Crippen molar-refractivity contribution in [3.8, 4) is 5.75 Å². The van der Waals surface area contributed by atoms with Gasteiger partial charge in [0.2, 0.25) is 10.0 Å². The van der Waals surface area contributed by atoms with Gasteiger partial charge in [0.05, 0.1) is 16.1 Å². The van der Waals surface area contributed by atoms with Gasteiger partial charge in [-0.25, -0.2) is 17.9 Å². The van der Waals surface area contributed by atoms with Gasteiger partial charge in [-0.2, -0.15) is 0 Å². The van der Waals surface area contributed by atoms with Crippen LogP contribution in [0.3, 0.4) is 0 Å². The Balaban J connectivity index is 1.71. The minimum absolute atomic E-state index is 0.0668. The smallest absolute Gasteiger partial charge is 0.330 e. The molecule has 9 nitrogen and oxygen atoms in total. The van der Waals surface area contributed by atoms with Gasteiger partial charge in [-0.3, -0.25) is 4.79 Å². The number of para-hydroxylation sites is 1. The van der Waals surface area contributed by atoms with E-state index in [-0.39, 0.29) is 10.6 Å². The number of aliphatic carboxylic acids is 1. The van der Waals surface area contributed by atoms with E-state index in [2.05, 4.69) is 28.8 Å². The number of carboxylic acid groups (broad SMARTS) is 1. The number of sulfonamides is 1. The molecule has 3 N–H and O–H groups in total. The van der Waals surface area contributed by atoms with E-state index in [1.165, 1.54) is 17.8 Å². The maximum Gasteiger partial charge on any atom is 0.330 e. The average molecular weight is 640 g/mol. The number of anilines is 2. The largest absolute Gasteiger partial charge is 0.483 e. The number of thioether (sulfide) groups is 1. The molecule has 1 atom stereocenters. The van der Waals surface area contributed by atoms with Crippen LogP contribution >= 0.6 is 11.8 Å². The van der Waals surface area contributed by atoms with Crippen molar-refractivity contribution in [2.24, 2.45) is 0 Å². The highest BCUT2D eigenvalue weighted by Crippen LogP contribution is 2.44. The van der Waals surface area contributed by atoms with Crippen LogP contribution in [0.15, 0.2) is 82.6 Å². The number of carbonyl (C=O) groups is 2. The van der Waals surface area contributed by atoms with Gasteiger partial charge in [-0.1, -0.05) is 88.1 Å². The number of fused-ring (bicyclic) bond motifs is 1. The number of amides is 1. The van der Waals surface area contributed by atoms with E-state index < -0.39 is 40.1 Å². The molecule has 3 aromatic carbocycles. The summed E-state index contributed by atoms with van der Waals surface area (Å²) in [5, 5.41) is 12.2. The highest BCUT2D eigenvalue weighted by atomic mass is 32.2. The number of carbonyl (C=O) groups excluding carboxylic acids is 1. The van der Waals surface area contributed by atoms with Gasteiger partial charge >= 0.3 is 5.97 Å². The number of nitrogens with one attached hydrogen (secondary N) is 2. The second kappa shape index (κ2) is 15.0. The molecule has 0 aliphatic carbocycles. The summed E-state index contributed by atoms with van der Waals surface area (Å²) < 4.78 is 37.3. The SMILES string of the molecule is CCCCC1(CCCC)CN(c2ccccc2)c2cc(SC)c(OCC(=O)N[C@@H](C(=O)O)c3ccccc3)cc2S(=O)(=O)N1. The van der Waals surface area contributed by atoms with Crippen molar-refractivity contribution in [1.29, 1.82) is 0 Å². The van der Waals surface area contributed by atoms with Gasteiger partial charge in [0.25, 0.3) is 5.91 Å². The maximum atomic E-state index is 14.1. The molecule has 0 fully saturated rings. The highest BCUT2D eigenvalue weighted by Gasteiger charge is 2.42. The van der Waals surface area contributed by atoms with Crippen molar-refractivity contribution >= 4 is 45.0 Å². The Kier molecular flexibility index (Phi) is 11.3. The monoisotopic (exact) mass is 639 g/mol. The summed E-state index contributed by atoms with van der Waals surface area (Å²) in [6.07, 6.45) is 6.90. The fourth-order valence-electron chi connectivity index (χ4n) is 5.52. The number of nitrogens with zero attached hydrogens (tertiary/aromatic N) is 1. The molecule has 0 unspecified atom stereocenters. The summed E-state index contributed by atoms with van der Waals surface area (Å²) in [6, 6.07) is 20.2. The van der Waals surface area contributed by atoms with Crippen LogP contribution in [0.5, 0.6) is 5.75 Å². The van der Waals surface area contributed by atoms with Crippen molar-refractivity contribution in [3.05, 3.63) is 78.4 Å². The third kappa shape index (κ3) is 7.94. The van der Waals surface area contributed by atoms with Crippen LogP contribution in [0, 0.1) is 0 Å². The molecular weight excluding hydrogens is 599 g/mol. The van der Waals surface area contributed by atoms with E-state index in [0.717, 1.165) is 31.4 Å². The van der Waals surface area contributed by atoms with E-state index in [0.29, 0.717) is 35.5 Å². The minimum atomic E-state index is -4.00. The topological polar surface area (TPSA) is 125 Å². The van der Waals surface area contributed by atoms with Crippen LogP contribution in [-0.4, -0.2) is 50.3 Å². The molecule has 0 saturated heterocycles. The van der Waals surface area contributed by atoms with E-state index in [1.54, 1.807) is 36.4 Å². The first kappa shape index (κ1) is 33.4. The van der Waals surface area contributed by atoms with E-state index in [4.69, 9.17) is 4.74 Å². The van der Waals surface area contributed by atoms with Crippen LogP contribution in [0.1, 0.15) is 64.0 Å². The Hall–Kier alpha value is -3.54. The van der Waals surface area contributed by atoms with Crippen LogP contribution in [-0.2, 0) is 19.6 Å². The third-order valence-corrected chi connectivity index (χ3v) is 10.1. The van der Waals surface area contributed by atoms with Gasteiger partial charge in [0.15, 0.2) is 12.6 Å². The fraction of sp³-hybridized carbons (Fsp3) is 0.394. The van der Waals surface area contributed by atoms with Crippen LogP contribution in [0.25, 0.3) is 0 Å². The molecule has 1 aliphatic heterocycles. The van der Waals surface area contributed by atoms with Crippen LogP contribution < -0.4 is 19.7 Å². The Morgan fingerprint density at radius 2 is 1.64 bits per heavy atom. The van der Waals surface area contributed by atoms with E-state index >= 15 is 0 Å². The van der Waals surface area contributed by atoms with Gasteiger partial charge in [0.1, 0.15) is 10.6 Å². The number of ether oxygens (including phenoxy) is 1. The number of hydrogen-bond donors (Lipinski definition) is 3. The molecule has 3 aromatic rings. The lowest BCUT2D eigenvalue weighted by atomic mass is 9.87. The molecular formula is C33H41N3O6S2. The molecule has 0 saturated carbocycles. The second-order valence-electron chi connectivity index (χ2n) is 11.0. The Morgan fingerprint density at radius 1 is 1.02 bits per heavy atom. The van der Waals surface area contributed by atoms with Crippen LogP contribution in [0.2, 0.25) is 0 Å². The minimum Gasteiger partial charge on any atom is -0.483 e. The Morgan fingerprint density at radius 3 is 2.20 bits per heavy atom. The molecule has 0 bridgehead atoms. The lowest BCUT2D eigenvalue weighted by Gasteiger charge is -2.37. The van der Waals surface area contributed by atoms with Gasteiger partial charge < -0.3 is 20.1 Å². The van der Waals surface area contributed by atoms with Gasteiger partial charge in [-0.15, -0.1) is 11.8 Å². The maximum absolute atomic E-state index is 14.1. The molecule has 1 aliphatic rings. The van der Waals surface area contributed by atoms with Crippen molar-refractivity contribution in [1.82, 2.24) is 10.0 Å². The molecule has 0 radical (unpaired) electrons. The zero-order chi connectivity index (χ0) is 31.7. The predicted octanol–water partition coefficient (Wildman–Crippen LogP) is 6.28. The third-order valence-electron chi connectivity index (χ3n) is 7.77. The lowest BCUT2D eigenvalue weighted by Crippen LogP contribution is -2.53. The molecule has 4 rings (SSSR count). The predicted molar refractivity (Wildman–Crippen MR) is 174 cm³/mol. The summed E-state index contributed by atoms with van der Waals surface area (Å²) >= 11 is 1.37. The molecule has 236 valence electrons. The first-order valence-corrected chi connectivity index (χ1v) is 17.6. The van der Waals surface area contributed by atoms with Crippen LogP contribution in [0.4, 0.5) is 11.4 Å². The lowest BCUT2D eigenvalue weighted by molar-refractivity contribution is -0.142. The average Bonchev–Trinajstić information content (AvgIpc) is 3.12. The number of carboxylic acids is 1. The second-order valence-corrected chi connectivity index (χ2v) is 13.5. The Bertz CT molecular complexity index is 1530. The van der Waals surface area contributed by atoms with E-state index in [9.17, 15) is 23.1 Å². The number of benzene rings is 3. The standard InChI is InChI=1S/C33H41N3O6S2/c1-4-6-18-33(19-7-5-2)23-36(25-16-12-9-13-17-25)26-20-28(43-3)27(21-29(26)44(40,41)35-33)42-22-30(37)34-31(32(38)39)24-14-10-8-11-15-24/h8-17,20-21,31,35H,4-7,18-19,22-23H2,1-3H3,(H,34,37)(H,38,39)/t31-/m1/s1. The normalized spacial score (nSPS) is 15.9. The molecule has 0 aromatic heterocycles. The number of hydrogen-bond acceptors (Lipinski definition) is 7. The zero-order valence-electron chi connectivity index (χ0n) is 25.4. The first-order valence-electron chi connectivity index (χ1n) is 14.9. The highest BCUT2D eigenvalue weighted by molar-refractivity contribution is 7.98. The van der Waals surface area contributed by atoms with Crippen molar-refractivity contribution in [2.75, 3.05) is 24.3 Å². The first-order chi connectivity index (χ1) is 21.1. The summed E-state index contributed by atoms with van der Waals surface area (Å²) in [6.45, 7) is 4.18. The summed E-state index contributed by atoms with van der Waals surface area (Å²) in [5.41, 5.74) is 1.17. The molecule has 1 heterocycles.